The lowest BCUT2D eigenvalue weighted by molar-refractivity contribution is -0.0922. The Kier molecular flexibility index (Phi) is 2.26. The number of hydrogen-bond donors (Lipinski definition) is 1. The Bertz CT molecular complexity index is 165. The minimum absolute atomic E-state index is 0.0600. The summed E-state index contributed by atoms with van der Waals surface area (Å²) in [4.78, 5) is 2.34. The summed E-state index contributed by atoms with van der Waals surface area (Å²) in [5.74, 6) is 0. The van der Waals surface area contributed by atoms with Crippen molar-refractivity contribution in [1.82, 2.24) is 4.90 Å². The summed E-state index contributed by atoms with van der Waals surface area (Å²) >= 11 is 0. The molecule has 1 saturated heterocycles. The Balaban J connectivity index is 2.52. The van der Waals surface area contributed by atoms with Crippen LogP contribution in [0.2, 0.25) is 0 Å². The molecule has 0 spiro atoms. The van der Waals surface area contributed by atoms with Gasteiger partial charge in [-0.2, -0.15) is 0 Å². The van der Waals surface area contributed by atoms with Gasteiger partial charge in [-0.3, -0.25) is 4.90 Å². The molecule has 0 amide bonds. The lowest BCUT2D eigenvalue weighted by Gasteiger charge is -2.55. The van der Waals surface area contributed by atoms with Gasteiger partial charge in [-0.1, -0.05) is 13.8 Å². The second-order valence-electron chi connectivity index (χ2n) is 5.35. The van der Waals surface area contributed by atoms with Gasteiger partial charge in [0.15, 0.2) is 0 Å². The summed E-state index contributed by atoms with van der Waals surface area (Å²) in [6, 6.07) is 0. The van der Waals surface area contributed by atoms with Crippen LogP contribution in [-0.4, -0.2) is 34.7 Å². The summed E-state index contributed by atoms with van der Waals surface area (Å²) in [5, 5.41) is 9.54. The van der Waals surface area contributed by atoms with Crippen molar-refractivity contribution in [2.24, 2.45) is 5.41 Å². The SMILES string of the molecule is CC(O)C(C)(C)N1CC(C)(C)C1. The molecule has 1 heterocycles. The van der Waals surface area contributed by atoms with Crippen LogP contribution in [0.25, 0.3) is 0 Å². The zero-order valence-electron chi connectivity index (χ0n) is 8.89. The fourth-order valence-electron chi connectivity index (χ4n) is 1.66. The Labute approximate surface area is 75.6 Å². The molecule has 0 aliphatic carbocycles. The minimum Gasteiger partial charge on any atom is -0.392 e. The van der Waals surface area contributed by atoms with E-state index in [2.05, 4.69) is 32.6 Å². The van der Waals surface area contributed by atoms with Crippen LogP contribution in [0.15, 0.2) is 0 Å². The maximum atomic E-state index is 9.54. The minimum atomic E-state index is -0.256. The predicted octanol–water partition coefficient (Wildman–Crippen LogP) is 1.49. The third-order valence-corrected chi connectivity index (χ3v) is 3.08. The zero-order chi connectivity index (χ0) is 9.57. The molecule has 1 fully saturated rings. The zero-order valence-corrected chi connectivity index (χ0v) is 8.89. The van der Waals surface area contributed by atoms with Gasteiger partial charge in [0.05, 0.1) is 6.10 Å². The first-order valence-corrected chi connectivity index (χ1v) is 4.69. The third kappa shape index (κ3) is 1.64. The normalized spacial score (nSPS) is 26.5. The second-order valence-corrected chi connectivity index (χ2v) is 5.35. The van der Waals surface area contributed by atoms with E-state index in [1.54, 1.807) is 0 Å². The van der Waals surface area contributed by atoms with Gasteiger partial charge in [0.1, 0.15) is 0 Å². The Morgan fingerprint density at radius 1 is 1.33 bits per heavy atom. The average molecular weight is 171 g/mol. The molecule has 1 unspecified atom stereocenters. The van der Waals surface area contributed by atoms with Crippen LogP contribution in [0.1, 0.15) is 34.6 Å². The van der Waals surface area contributed by atoms with Gasteiger partial charge in [0.25, 0.3) is 0 Å². The molecule has 12 heavy (non-hydrogen) atoms. The Hall–Kier alpha value is -0.0800. The molecule has 0 bridgehead atoms. The molecule has 1 atom stereocenters. The lowest BCUT2D eigenvalue weighted by atomic mass is 9.79. The van der Waals surface area contributed by atoms with Gasteiger partial charge in [-0.25, -0.2) is 0 Å². The number of rotatable bonds is 2. The number of aliphatic hydroxyl groups is 1. The second kappa shape index (κ2) is 2.71. The maximum Gasteiger partial charge on any atom is 0.0690 e. The van der Waals surface area contributed by atoms with Crippen LogP contribution >= 0.6 is 0 Å². The van der Waals surface area contributed by atoms with E-state index < -0.39 is 0 Å². The smallest absolute Gasteiger partial charge is 0.0690 e. The molecule has 1 aliphatic rings. The number of nitrogens with zero attached hydrogens (tertiary/aromatic N) is 1. The molecular formula is C10H21NO. The summed E-state index contributed by atoms with van der Waals surface area (Å²) < 4.78 is 0. The maximum absolute atomic E-state index is 9.54. The fourth-order valence-corrected chi connectivity index (χ4v) is 1.66. The van der Waals surface area contributed by atoms with Crippen molar-refractivity contribution >= 4 is 0 Å². The fraction of sp³-hybridized carbons (Fsp3) is 1.00. The van der Waals surface area contributed by atoms with Crippen molar-refractivity contribution in [1.29, 1.82) is 0 Å². The predicted molar refractivity (Wildman–Crippen MR) is 51.1 cm³/mol. The first-order valence-electron chi connectivity index (χ1n) is 4.69. The molecule has 1 N–H and O–H groups in total. The molecule has 2 heteroatoms. The molecule has 0 aromatic carbocycles. The molecule has 2 nitrogen and oxygen atoms in total. The van der Waals surface area contributed by atoms with E-state index in [1.807, 2.05) is 6.92 Å². The van der Waals surface area contributed by atoms with Gasteiger partial charge < -0.3 is 5.11 Å². The highest BCUT2D eigenvalue weighted by molar-refractivity contribution is 4.98. The summed E-state index contributed by atoms with van der Waals surface area (Å²) in [6.45, 7) is 12.8. The van der Waals surface area contributed by atoms with E-state index in [-0.39, 0.29) is 11.6 Å². The molecule has 0 radical (unpaired) electrons. The molecule has 1 aliphatic heterocycles. The quantitative estimate of drug-likeness (QED) is 0.680. The highest BCUT2D eigenvalue weighted by Gasteiger charge is 2.43. The van der Waals surface area contributed by atoms with Crippen molar-refractivity contribution in [2.45, 2.75) is 46.3 Å². The Morgan fingerprint density at radius 3 is 2.00 bits per heavy atom. The van der Waals surface area contributed by atoms with Gasteiger partial charge in [0.2, 0.25) is 0 Å². The van der Waals surface area contributed by atoms with E-state index in [1.165, 1.54) is 0 Å². The molecule has 1 rings (SSSR count). The van der Waals surface area contributed by atoms with Crippen LogP contribution in [-0.2, 0) is 0 Å². The van der Waals surface area contributed by atoms with Crippen molar-refractivity contribution in [3.63, 3.8) is 0 Å². The van der Waals surface area contributed by atoms with Crippen molar-refractivity contribution in [3.05, 3.63) is 0 Å². The van der Waals surface area contributed by atoms with Crippen LogP contribution in [0.3, 0.4) is 0 Å². The van der Waals surface area contributed by atoms with Crippen molar-refractivity contribution < 1.29 is 5.11 Å². The van der Waals surface area contributed by atoms with Gasteiger partial charge in [0, 0.05) is 18.6 Å². The topological polar surface area (TPSA) is 23.5 Å². The van der Waals surface area contributed by atoms with Gasteiger partial charge in [-0.05, 0) is 26.2 Å². The first kappa shape index (κ1) is 10.0. The highest BCUT2D eigenvalue weighted by atomic mass is 16.3. The number of aliphatic hydroxyl groups excluding tert-OH is 1. The number of hydrogen-bond acceptors (Lipinski definition) is 2. The van der Waals surface area contributed by atoms with Gasteiger partial charge in [-0.15, -0.1) is 0 Å². The van der Waals surface area contributed by atoms with E-state index >= 15 is 0 Å². The van der Waals surface area contributed by atoms with E-state index in [9.17, 15) is 5.11 Å². The van der Waals surface area contributed by atoms with Gasteiger partial charge >= 0.3 is 0 Å². The third-order valence-electron chi connectivity index (χ3n) is 3.08. The van der Waals surface area contributed by atoms with Crippen molar-refractivity contribution in [3.8, 4) is 0 Å². The van der Waals surface area contributed by atoms with E-state index in [0.29, 0.717) is 5.41 Å². The van der Waals surface area contributed by atoms with E-state index in [0.717, 1.165) is 13.1 Å². The largest absolute Gasteiger partial charge is 0.392 e. The Morgan fingerprint density at radius 2 is 1.75 bits per heavy atom. The van der Waals surface area contributed by atoms with Crippen molar-refractivity contribution in [2.75, 3.05) is 13.1 Å². The van der Waals surface area contributed by atoms with Crippen LogP contribution in [0, 0.1) is 5.41 Å². The monoisotopic (exact) mass is 171 g/mol. The molecule has 0 saturated carbocycles. The molecule has 0 aromatic heterocycles. The number of likely N-dealkylation sites (tertiary alicyclic amines) is 1. The molecule has 0 aromatic rings. The molecule has 72 valence electrons. The van der Waals surface area contributed by atoms with Crippen LogP contribution in [0.5, 0.6) is 0 Å². The first-order chi connectivity index (χ1) is 5.26. The highest BCUT2D eigenvalue weighted by Crippen LogP contribution is 2.35. The van der Waals surface area contributed by atoms with E-state index in [4.69, 9.17) is 0 Å². The average Bonchev–Trinajstić information content (AvgIpc) is 1.82. The summed E-state index contributed by atoms with van der Waals surface area (Å²) in [5.41, 5.74) is 0.391. The summed E-state index contributed by atoms with van der Waals surface area (Å²) in [6.07, 6.45) is -0.256. The summed E-state index contributed by atoms with van der Waals surface area (Å²) in [7, 11) is 0. The standard InChI is InChI=1S/C10H21NO/c1-8(12)10(4,5)11-6-9(2,3)7-11/h8,12H,6-7H2,1-5H3. The molecular weight excluding hydrogens is 150 g/mol. The van der Waals surface area contributed by atoms with Crippen LogP contribution in [0.4, 0.5) is 0 Å². The lowest BCUT2D eigenvalue weighted by Crippen LogP contribution is -2.64. The van der Waals surface area contributed by atoms with Crippen LogP contribution < -0.4 is 0 Å².